The molecule has 0 aliphatic rings. The summed E-state index contributed by atoms with van der Waals surface area (Å²) in [6.45, 7) is 1.17. The highest BCUT2D eigenvalue weighted by molar-refractivity contribution is 7.86. The zero-order chi connectivity index (χ0) is 6.78. The summed E-state index contributed by atoms with van der Waals surface area (Å²) in [7, 11) is -4.13. The van der Waals surface area contributed by atoms with E-state index in [9.17, 15) is 13.0 Å². The zero-order valence-electron chi connectivity index (χ0n) is 4.49. The molecular weight excluding hydrogens is 130 g/mol. The van der Waals surface area contributed by atoms with E-state index in [0.29, 0.717) is 0 Å². The van der Waals surface area contributed by atoms with Crippen molar-refractivity contribution in [3.05, 3.63) is 0 Å². The van der Waals surface area contributed by atoms with Gasteiger partial charge in [-0.25, -0.2) is 8.42 Å². The van der Waals surface area contributed by atoms with E-state index in [0.717, 1.165) is 0 Å². The van der Waals surface area contributed by atoms with Crippen LogP contribution in [0.5, 0.6) is 0 Å². The predicted molar refractivity (Wildman–Crippen MR) is 28.2 cm³/mol. The minimum Gasteiger partial charge on any atom is -0.748 e. The van der Waals surface area contributed by atoms with Crippen LogP contribution in [0.1, 0.15) is 6.92 Å². The fourth-order valence-electron chi connectivity index (χ4n) is 0.118. The Kier molecular flexibility index (Phi) is 2.39. The third-order valence-corrected chi connectivity index (χ3v) is 2.00. The molecule has 5 heteroatoms. The highest BCUT2D eigenvalue weighted by Gasteiger charge is 2.04. The summed E-state index contributed by atoms with van der Waals surface area (Å²) in [4.78, 5) is 0. The summed E-state index contributed by atoms with van der Waals surface area (Å²) >= 11 is 0. The normalized spacial score (nSPS) is 15.9. The van der Waals surface area contributed by atoms with Crippen LogP contribution in [0.3, 0.4) is 0 Å². The lowest BCUT2D eigenvalue weighted by Crippen LogP contribution is -2.25. The molecule has 0 heterocycles. The monoisotopic (exact) mass is 138 g/mol. The molecule has 0 bridgehead atoms. The van der Waals surface area contributed by atoms with Crippen molar-refractivity contribution in [3.8, 4) is 0 Å². The van der Waals surface area contributed by atoms with E-state index in [4.69, 9.17) is 5.73 Å². The Morgan fingerprint density at radius 2 is 2.12 bits per heavy atom. The van der Waals surface area contributed by atoms with Crippen LogP contribution >= 0.6 is 0 Å². The second-order valence-electron chi connectivity index (χ2n) is 1.54. The van der Waals surface area contributed by atoms with Crippen LogP contribution in [0.2, 0.25) is 0 Å². The highest BCUT2D eigenvalue weighted by atomic mass is 32.2. The minimum atomic E-state index is -4.13. The van der Waals surface area contributed by atoms with Gasteiger partial charge in [-0.15, -0.1) is 0 Å². The molecule has 1 unspecified atom stereocenters. The molecule has 0 saturated carbocycles. The molecular formula is C3H8NO3S-. The molecule has 0 aromatic heterocycles. The standard InChI is InChI=1S/C3H9NO3S/c1-3(2-4)8(5,6)7/h3H,2,4H2,1H3,(H,5,6,7)/p-1. The van der Waals surface area contributed by atoms with Gasteiger partial charge in [-0.2, -0.15) is 0 Å². The van der Waals surface area contributed by atoms with Crippen LogP contribution in [0.15, 0.2) is 0 Å². The quantitative estimate of drug-likeness (QED) is 0.490. The number of nitrogens with two attached hydrogens (primary N) is 1. The summed E-state index contributed by atoms with van der Waals surface area (Å²) in [5.41, 5.74) is 4.88. The maximum absolute atomic E-state index is 9.93. The molecule has 0 radical (unpaired) electrons. The maximum Gasteiger partial charge on any atom is 0.0985 e. The number of hydrogen-bond donors (Lipinski definition) is 1. The van der Waals surface area contributed by atoms with Gasteiger partial charge < -0.3 is 10.3 Å². The van der Waals surface area contributed by atoms with Gasteiger partial charge in [-0.3, -0.25) is 0 Å². The Labute approximate surface area is 48.4 Å². The molecule has 0 aliphatic carbocycles. The van der Waals surface area contributed by atoms with Gasteiger partial charge in [0, 0.05) is 6.54 Å². The van der Waals surface area contributed by atoms with Crippen molar-refractivity contribution in [2.75, 3.05) is 6.54 Å². The molecule has 2 N–H and O–H groups in total. The SMILES string of the molecule is CC(CN)S(=O)(=O)[O-]. The van der Waals surface area contributed by atoms with Crippen molar-refractivity contribution >= 4 is 10.1 Å². The molecule has 0 saturated heterocycles. The second kappa shape index (κ2) is 2.43. The third-order valence-electron chi connectivity index (χ3n) is 0.825. The Balaban J connectivity index is 4.04. The first-order chi connectivity index (χ1) is 3.48. The van der Waals surface area contributed by atoms with Crippen LogP contribution in [-0.2, 0) is 10.1 Å². The molecule has 0 aromatic rings. The van der Waals surface area contributed by atoms with Crippen molar-refractivity contribution in [3.63, 3.8) is 0 Å². The highest BCUT2D eigenvalue weighted by Crippen LogP contribution is 1.91. The lowest BCUT2D eigenvalue weighted by Gasteiger charge is -2.11. The molecule has 0 amide bonds. The Morgan fingerprint density at radius 1 is 1.75 bits per heavy atom. The molecule has 0 aromatic carbocycles. The van der Waals surface area contributed by atoms with Gasteiger partial charge in [-0.1, -0.05) is 0 Å². The summed E-state index contributed by atoms with van der Waals surface area (Å²) in [5.74, 6) is 0. The van der Waals surface area contributed by atoms with Crippen LogP contribution in [0.25, 0.3) is 0 Å². The lowest BCUT2D eigenvalue weighted by atomic mass is 10.5. The van der Waals surface area contributed by atoms with Crippen LogP contribution in [0.4, 0.5) is 0 Å². The Bertz CT molecular complexity index is 150. The average Bonchev–Trinajstić information content (AvgIpc) is 1.62. The van der Waals surface area contributed by atoms with Crippen molar-refractivity contribution < 1.29 is 13.0 Å². The molecule has 0 rings (SSSR count). The summed E-state index contributed by atoms with van der Waals surface area (Å²) < 4.78 is 29.8. The van der Waals surface area contributed by atoms with Gasteiger partial charge in [0.1, 0.15) is 0 Å². The fraction of sp³-hybridized carbons (Fsp3) is 1.00. The first-order valence-electron chi connectivity index (χ1n) is 2.13. The maximum atomic E-state index is 9.93. The molecule has 0 spiro atoms. The zero-order valence-corrected chi connectivity index (χ0v) is 5.31. The first-order valence-corrected chi connectivity index (χ1v) is 3.60. The molecule has 1 atom stereocenters. The Morgan fingerprint density at radius 3 is 2.12 bits per heavy atom. The molecule has 0 fully saturated rings. The third kappa shape index (κ3) is 2.25. The summed E-state index contributed by atoms with van der Waals surface area (Å²) in [5, 5.41) is -0.956. The minimum absolute atomic E-state index is 0.105. The molecule has 0 aliphatic heterocycles. The van der Waals surface area contributed by atoms with Gasteiger partial charge in [0.25, 0.3) is 0 Å². The van der Waals surface area contributed by atoms with Gasteiger partial charge in [-0.05, 0) is 6.92 Å². The molecule has 4 nitrogen and oxygen atoms in total. The largest absolute Gasteiger partial charge is 0.748 e. The van der Waals surface area contributed by atoms with Crippen molar-refractivity contribution in [1.82, 2.24) is 0 Å². The molecule has 50 valence electrons. The van der Waals surface area contributed by atoms with E-state index in [1.165, 1.54) is 6.92 Å². The first kappa shape index (κ1) is 7.87. The number of hydrogen-bond acceptors (Lipinski definition) is 4. The topological polar surface area (TPSA) is 83.2 Å². The van der Waals surface area contributed by atoms with Crippen LogP contribution < -0.4 is 5.73 Å². The van der Waals surface area contributed by atoms with Gasteiger partial charge >= 0.3 is 0 Å². The van der Waals surface area contributed by atoms with E-state index in [1.807, 2.05) is 0 Å². The smallest absolute Gasteiger partial charge is 0.0985 e. The Hall–Kier alpha value is -0.130. The van der Waals surface area contributed by atoms with Crippen molar-refractivity contribution in [2.24, 2.45) is 5.73 Å². The summed E-state index contributed by atoms with van der Waals surface area (Å²) in [6, 6.07) is 0. The molecule has 8 heavy (non-hydrogen) atoms. The van der Waals surface area contributed by atoms with E-state index in [2.05, 4.69) is 0 Å². The van der Waals surface area contributed by atoms with E-state index >= 15 is 0 Å². The second-order valence-corrected chi connectivity index (χ2v) is 3.33. The number of rotatable bonds is 2. The van der Waals surface area contributed by atoms with E-state index in [-0.39, 0.29) is 6.54 Å². The van der Waals surface area contributed by atoms with E-state index in [1.54, 1.807) is 0 Å². The van der Waals surface area contributed by atoms with Crippen molar-refractivity contribution in [1.29, 1.82) is 0 Å². The van der Waals surface area contributed by atoms with Gasteiger partial charge in [0.05, 0.1) is 15.4 Å². The average molecular weight is 138 g/mol. The van der Waals surface area contributed by atoms with Gasteiger partial charge in [0.2, 0.25) is 0 Å². The van der Waals surface area contributed by atoms with Crippen molar-refractivity contribution in [2.45, 2.75) is 12.2 Å². The van der Waals surface area contributed by atoms with Gasteiger partial charge in [0.15, 0.2) is 0 Å². The fourth-order valence-corrected chi connectivity index (χ4v) is 0.354. The lowest BCUT2D eigenvalue weighted by molar-refractivity contribution is 0.451. The predicted octanol–water partition coefficient (Wildman–Crippen LogP) is -1.12. The van der Waals surface area contributed by atoms with Crippen LogP contribution in [0, 0.1) is 0 Å². The van der Waals surface area contributed by atoms with Crippen LogP contribution in [-0.4, -0.2) is 24.8 Å². The summed E-state index contributed by atoms with van der Waals surface area (Å²) in [6.07, 6.45) is 0. The van der Waals surface area contributed by atoms with E-state index < -0.39 is 15.4 Å².